The zero-order chi connectivity index (χ0) is 23.5. The molecule has 0 saturated heterocycles. The number of carbonyl (C=O) groups is 2. The zero-order valence-corrected chi connectivity index (χ0v) is 19.0. The van der Waals surface area contributed by atoms with Crippen LogP contribution >= 0.6 is 0 Å². The van der Waals surface area contributed by atoms with Crippen molar-refractivity contribution in [3.8, 4) is 16.9 Å². The van der Waals surface area contributed by atoms with Crippen LogP contribution in [0.1, 0.15) is 34.3 Å². The fraction of sp³-hybridized carbons (Fsp3) is 0.179. The van der Waals surface area contributed by atoms with Gasteiger partial charge >= 0.3 is 0 Å². The minimum atomic E-state index is -0.191. The van der Waals surface area contributed by atoms with E-state index in [0.29, 0.717) is 17.8 Å². The second-order valence-electron chi connectivity index (χ2n) is 8.68. The van der Waals surface area contributed by atoms with Crippen LogP contribution in [0.15, 0.2) is 85.1 Å². The fourth-order valence-electron chi connectivity index (χ4n) is 3.75. The molecule has 1 heterocycles. The first-order valence-corrected chi connectivity index (χ1v) is 11.5. The molecule has 2 N–H and O–H groups in total. The van der Waals surface area contributed by atoms with E-state index in [1.165, 1.54) is 0 Å². The Morgan fingerprint density at radius 2 is 1.65 bits per heavy atom. The van der Waals surface area contributed by atoms with Gasteiger partial charge in [0.15, 0.2) is 0 Å². The van der Waals surface area contributed by atoms with E-state index in [9.17, 15) is 9.59 Å². The van der Waals surface area contributed by atoms with Crippen LogP contribution in [0, 0.1) is 12.8 Å². The third kappa shape index (κ3) is 4.91. The quantitative estimate of drug-likeness (QED) is 0.410. The molecule has 170 valence electrons. The minimum absolute atomic E-state index is 0.0834. The number of carbonyl (C=O) groups excluding carboxylic acids is 2. The van der Waals surface area contributed by atoms with Gasteiger partial charge in [0, 0.05) is 29.9 Å². The second-order valence-corrected chi connectivity index (χ2v) is 8.68. The Balaban J connectivity index is 1.33. The van der Waals surface area contributed by atoms with Gasteiger partial charge in [-0.15, -0.1) is 0 Å². The van der Waals surface area contributed by atoms with Gasteiger partial charge in [-0.1, -0.05) is 60.2 Å². The van der Waals surface area contributed by atoms with Gasteiger partial charge in [0.05, 0.1) is 11.3 Å². The summed E-state index contributed by atoms with van der Waals surface area (Å²) in [5.41, 5.74) is 5.80. The fourth-order valence-corrected chi connectivity index (χ4v) is 3.75. The summed E-state index contributed by atoms with van der Waals surface area (Å²) < 4.78 is 1.74. The maximum atomic E-state index is 13.2. The van der Waals surface area contributed by atoms with E-state index in [1.54, 1.807) is 10.9 Å². The summed E-state index contributed by atoms with van der Waals surface area (Å²) >= 11 is 0. The van der Waals surface area contributed by atoms with Crippen molar-refractivity contribution in [1.29, 1.82) is 0 Å². The van der Waals surface area contributed by atoms with Gasteiger partial charge in [0.25, 0.3) is 5.91 Å². The number of amides is 2. The van der Waals surface area contributed by atoms with Gasteiger partial charge in [-0.3, -0.25) is 9.59 Å². The Morgan fingerprint density at radius 3 is 2.32 bits per heavy atom. The molecule has 1 aliphatic carbocycles. The van der Waals surface area contributed by atoms with E-state index in [4.69, 9.17) is 5.10 Å². The van der Waals surface area contributed by atoms with Gasteiger partial charge in [-0.25, -0.2) is 4.68 Å². The molecule has 0 bridgehead atoms. The summed E-state index contributed by atoms with van der Waals surface area (Å²) in [6, 6.07) is 25.3. The van der Waals surface area contributed by atoms with Crippen LogP contribution in [0.2, 0.25) is 0 Å². The topological polar surface area (TPSA) is 76.0 Å². The highest BCUT2D eigenvalue weighted by Crippen LogP contribution is 2.30. The van der Waals surface area contributed by atoms with Crippen molar-refractivity contribution in [2.24, 2.45) is 5.92 Å². The molecule has 0 radical (unpaired) electrons. The number of aryl methyl sites for hydroxylation is 1. The third-order valence-electron chi connectivity index (χ3n) is 5.93. The van der Waals surface area contributed by atoms with Crippen molar-refractivity contribution in [1.82, 2.24) is 15.1 Å². The molecule has 1 aliphatic rings. The molecule has 0 unspecified atom stereocenters. The molecule has 1 aromatic heterocycles. The number of anilines is 1. The first-order chi connectivity index (χ1) is 16.6. The van der Waals surface area contributed by atoms with E-state index in [0.717, 1.165) is 40.9 Å². The second kappa shape index (κ2) is 9.35. The monoisotopic (exact) mass is 450 g/mol. The van der Waals surface area contributed by atoms with Crippen LogP contribution in [-0.2, 0) is 11.3 Å². The van der Waals surface area contributed by atoms with Gasteiger partial charge < -0.3 is 10.6 Å². The number of para-hydroxylation sites is 1. The normalized spacial score (nSPS) is 12.9. The van der Waals surface area contributed by atoms with Gasteiger partial charge in [-0.05, 0) is 49.6 Å². The third-order valence-corrected chi connectivity index (χ3v) is 5.93. The molecule has 3 aromatic carbocycles. The number of hydrogen-bond acceptors (Lipinski definition) is 3. The Kier molecular flexibility index (Phi) is 5.95. The molecule has 0 atom stereocenters. The lowest BCUT2D eigenvalue weighted by atomic mass is 10.1. The lowest BCUT2D eigenvalue weighted by Crippen LogP contribution is -2.23. The van der Waals surface area contributed by atoms with Crippen LogP contribution in [0.4, 0.5) is 5.69 Å². The van der Waals surface area contributed by atoms with E-state index in [2.05, 4.69) is 10.6 Å². The maximum Gasteiger partial charge on any atom is 0.255 e. The largest absolute Gasteiger partial charge is 0.348 e. The van der Waals surface area contributed by atoms with Crippen LogP contribution in [0.25, 0.3) is 16.9 Å². The molecule has 6 nitrogen and oxygen atoms in total. The molecular formula is C28H26N4O2. The van der Waals surface area contributed by atoms with Crippen molar-refractivity contribution < 1.29 is 9.59 Å². The summed E-state index contributed by atoms with van der Waals surface area (Å²) in [6.07, 6.45) is 3.72. The smallest absolute Gasteiger partial charge is 0.255 e. The van der Waals surface area contributed by atoms with Crippen molar-refractivity contribution in [3.05, 3.63) is 102 Å². The van der Waals surface area contributed by atoms with Crippen molar-refractivity contribution in [2.75, 3.05) is 5.32 Å². The van der Waals surface area contributed by atoms with Crippen LogP contribution in [0.3, 0.4) is 0 Å². The molecule has 0 spiro atoms. The molecule has 1 saturated carbocycles. The van der Waals surface area contributed by atoms with E-state index in [1.807, 2.05) is 85.8 Å². The number of hydrogen-bond donors (Lipinski definition) is 2. The summed E-state index contributed by atoms with van der Waals surface area (Å²) in [5, 5.41) is 10.7. The molecular weight excluding hydrogens is 424 g/mol. The number of nitrogens with one attached hydrogen (secondary N) is 2. The van der Waals surface area contributed by atoms with E-state index in [-0.39, 0.29) is 17.7 Å². The average molecular weight is 451 g/mol. The van der Waals surface area contributed by atoms with E-state index >= 15 is 0 Å². The zero-order valence-electron chi connectivity index (χ0n) is 19.0. The standard InChI is InChI=1S/C28H26N4O2/c1-19-7-11-21(12-8-19)26-25(18-32(31-26)24-5-3-2-4-6-24)28(34)29-17-20-9-15-23(16-10-20)30-27(33)22-13-14-22/h2-12,15-16,18,22H,13-14,17H2,1H3,(H,29,34)(H,30,33). The van der Waals surface area contributed by atoms with Crippen LogP contribution in [0.5, 0.6) is 0 Å². The predicted molar refractivity (Wildman–Crippen MR) is 133 cm³/mol. The number of rotatable bonds is 7. The summed E-state index contributed by atoms with van der Waals surface area (Å²) in [5.74, 6) is 0.0578. The summed E-state index contributed by atoms with van der Waals surface area (Å²) in [7, 11) is 0. The van der Waals surface area contributed by atoms with Gasteiger partial charge in [0.2, 0.25) is 5.91 Å². The maximum absolute atomic E-state index is 13.2. The molecule has 0 aliphatic heterocycles. The highest BCUT2D eigenvalue weighted by atomic mass is 16.2. The lowest BCUT2D eigenvalue weighted by Gasteiger charge is -2.08. The molecule has 2 amide bonds. The summed E-state index contributed by atoms with van der Waals surface area (Å²) in [4.78, 5) is 25.1. The number of nitrogens with zero attached hydrogens (tertiary/aromatic N) is 2. The predicted octanol–water partition coefficient (Wildman–Crippen LogP) is 5.13. The van der Waals surface area contributed by atoms with Crippen LogP contribution < -0.4 is 10.6 Å². The molecule has 1 fully saturated rings. The average Bonchev–Trinajstić information content (AvgIpc) is 3.63. The van der Waals surface area contributed by atoms with Crippen molar-refractivity contribution in [3.63, 3.8) is 0 Å². The molecule has 5 rings (SSSR count). The molecule has 34 heavy (non-hydrogen) atoms. The first kappa shape index (κ1) is 21.6. The summed E-state index contributed by atoms with van der Waals surface area (Å²) in [6.45, 7) is 2.40. The minimum Gasteiger partial charge on any atom is -0.348 e. The Morgan fingerprint density at radius 1 is 0.941 bits per heavy atom. The highest BCUT2D eigenvalue weighted by Gasteiger charge is 2.29. The first-order valence-electron chi connectivity index (χ1n) is 11.5. The number of benzene rings is 3. The molecule has 4 aromatic rings. The van der Waals surface area contributed by atoms with Crippen molar-refractivity contribution >= 4 is 17.5 Å². The number of aromatic nitrogens is 2. The van der Waals surface area contributed by atoms with E-state index < -0.39 is 0 Å². The Bertz CT molecular complexity index is 1310. The highest BCUT2D eigenvalue weighted by molar-refractivity contribution is 6.00. The van der Waals surface area contributed by atoms with Gasteiger partial charge in [-0.2, -0.15) is 5.10 Å². The van der Waals surface area contributed by atoms with Crippen molar-refractivity contribution in [2.45, 2.75) is 26.3 Å². The van der Waals surface area contributed by atoms with Gasteiger partial charge in [0.1, 0.15) is 5.69 Å². The lowest BCUT2D eigenvalue weighted by molar-refractivity contribution is -0.117. The Hall–Kier alpha value is -4.19. The molecule has 6 heteroatoms. The SMILES string of the molecule is Cc1ccc(-c2nn(-c3ccccc3)cc2C(=O)NCc2ccc(NC(=O)C3CC3)cc2)cc1. The Labute approximate surface area is 198 Å². The van der Waals surface area contributed by atoms with Crippen LogP contribution in [-0.4, -0.2) is 21.6 Å².